The third kappa shape index (κ3) is 37.3. The van der Waals surface area contributed by atoms with Crippen LogP contribution in [0.1, 0.15) is 460 Å². The van der Waals surface area contributed by atoms with Gasteiger partial charge in [0, 0.05) is 53.6 Å². The molecule has 8 heterocycles. The zero-order valence-electron chi connectivity index (χ0n) is 73.3. The number of thiophene rings is 7. The number of halogens is 2. The van der Waals surface area contributed by atoms with E-state index in [0.717, 1.165) is 12.8 Å². The minimum atomic E-state index is 1.06. The summed E-state index contributed by atoms with van der Waals surface area (Å²) in [6.07, 6.45) is 89.3. The molecule has 0 saturated heterocycles. The molecule has 8 aromatic heterocycles. The predicted molar refractivity (Wildman–Crippen MR) is 534 cm³/mol. The van der Waals surface area contributed by atoms with E-state index in [0.29, 0.717) is 0 Å². The molecule has 0 aliphatic carbocycles. The molecule has 11 heteroatoms. The van der Waals surface area contributed by atoms with E-state index in [-0.39, 0.29) is 0 Å². The number of unbranched alkanes of at least 4 members (excludes halogenated alkanes) is 54. The monoisotopic (exact) mass is 1820 g/mol. The fourth-order valence-electron chi connectivity index (χ4n) is 17.1. The highest BCUT2D eigenvalue weighted by Crippen LogP contribution is 2.53. The summed E-state index contributed by atoms with van der Waals surface area (Å²) in [6, 6.07) is 23.0. The fraction of sp³-hybridized carbons (Fsp3) is 0.699. The van der Waals surface area contributed by atoms with E-state index in [4.69, 9.17) is 4.98 Å². The lowest BCUT2D eigenvalue weighted by Gasteiger charge is -2.04. The first kappa shape index (κ1) is 97.9. The van der Waals surface area contributed by atoms with Crippen LogP contribution in [0.25, 0.3) is 68.4 Å². The molecular formula is C103H159Br2NS8. The lowest BCUT2D eigenvalue weighted by atomic mass is 10.0. The Hall–Kier alpha value is -1.51. The van der Waals surface area contributed by atoms with Gasteiger partial charge in [0.15, 0.2) is 0 Å². The second-order valence-corrected chi connectivity index (χ2v) is 45.6. The first-order valence-corrected chi connectivity index (χ1v) is 56.5. The van der Waals surface area contributed by atoms with E-state index in [1.54, 1.807) is 32.7 Å². The summed E-state index contributed by atoms with van der Waals surface area (Å²) in [5, 5.41) is 1.27. The molecule has 638 valence electrons. The highest BCUT2D eigenvalue weighted by molar-refractivity contribution is 9.11. The van der Waals surface area contributed by atoms with Crippen molar-refractivity contribution in [2.24, 2.45) is 0 Å². The predicted octanol–water partition coefficient (Wildman–Crippen LogP) is 41.5. The molecule has 0 atom stereocenters. The van der Waals surface area contributed by atoms with Crippen LogP contribution < -0.4 is 0 Å². The number of aryl methyl sites for hydroxylation is 6. The van der Waals surface area contributed by atoms with Crippen LogP contribution in [-0.2, 0) is 38.5 Å². The SMILES string of the molecule is CCCCCCCCCCCCc1cc(Br)sc1-c1cc(CCCCCCCCCCCC)c(-c2cc(CCCCCCCCCCCC)c(-c3ccc(-c4ccc(-c5sc(-c6sc(-c7sc(Br)cc7CCCCCCCCCCCC)cc6CCCCCCCCCCCC)nc5CCCCCCCCCCCC)s4)s3)s2)s1. The Balaban J connectivity index is 1.08. The van der Waals surface area contributed by atoms with Gasteiger partial charge in [-0.2, -0.15) is 0 Å². The molecule has 8 aromatic rings. The first-order valence-electron chi connectivity index (χ1n) is 48.4. The third-order valence-corrected chi connectivity index (χ3v) is 35.6. The van der Waals surface area contributed by atoms with Crippen molar-refractivity contribution in [3.05, 3.63) is 95.7 Å². The van der Waals surface area contributed by atoms with Crippen molar-refractivity contribution in [1.82, 2.24) is 4.98 Å². The number of aromatic nitrogens is 1. The average molecular weight is 1830 g/mol. The Bertz CT molecular complexity index is 3440. The lowest BCUT2D eigenvalue weighted by molar-refractivity contribution is 0.555. The van der Waals surface area contributed by atoms with Gasteiger partial charge in [-0.05, 0) is 191 Å². The number of rotatable bonds is 73. The molecule has 0 radical (unpaired) electrons. The van der Waals surface area contributed by atoms with Gasteiger partial charge < -0.3 is 0 Å². The van der Waals surface area contributed by atoms with E-state index in [2.05, 4.69) is 173 Å². The van der Waals surface area contributed by atoms with E-state index in [1.165, 1.54) is 488 Å². The van der Waals surface area contributed by atoms with Gasteiger partial charge in [0.1, 0.15) is 5.01 Å². The van der Waals surface area contributed by atoms with Crippen LogP contribution in [-0.4, -0.2) is 4.98 Å². The van der Waals surface area contributed by atoms with Crippen molar-refractivity contribution in [2.45, 2.75) is 465 Å². The Labute approximate surface area is 749 Å². The summed E-state index contributed by atoms with van der Waals surface area (Å²) in [7, 11) is 0. The molecule has 0 fully saturated rings. The maximum Gasteiger partial charge on any atom is 0.134 e. The van der Waals surface area contributed by atoms with Gasteiger partial charge in [-0.15, -0.1) is 90.7 Å². The molecule has 0 aliphatic rings. The smallest absolute Gasteiger partial charge is 0.134 e. The molecule has 0 unspecified atom stereocenters. The Morgan fingerprint density at radius 2 is 0.404 bits per heavy atom. The highest BCUT2D eigenvalue weighted by atomic mass is 79.9. The molecule has 0 bridgehead atoms. The normalized spacial score (nSPS) is 11.9. The Morgan fingerprint density at radius 3 is 0.693 bits per heavy atom. The first-order chi connectivity index (χ1) is 56.2. The standard InChI is InChI=1S/C103H159Br2NS8/c1-7-13-19-25-31-37-43-49-55-61-67-82-77-92(98-83(68-62-56-50-44-38-32-26-20-14-8-2)78-93(110-98)99-85(80-95(104)112-99)70-64-58-52-46-40-34-28-22-16-10-4)109-97(82)90-75-73-88(107-90)89-74-76-91(108-89)102-87(72-66-60-54-48-42-36-30-24-18-12-6)106-103(114-102)101-84(69-63-57-51-45-39-33-27-21-15-9-3)79-94(111-101)100-86(81-96(105)113-100)71-65-59-53-47-41-35-29-23-17-11-5/h73-81H,7-72H2,1-6H3. The molecule has 8 rings (SSSR count). The maximum atomic E-state index is 5.89. The van der Waals surface area contributed by atoms with Crippen molar-refractivity contribution >= 4 is 123 Å². The Morgan fingerprint density at radius 1 is 0.193 bits per heavy atom. The molecule has 0 aliphatic heterocycles. The highest BCUT2D eigenvalue weighted by Gasteiger charge is 2.26. The quantitative estimate of drug-likeness (QED) is 0.0346. The molecule has 1 nitrogen and oxygen atoms in total. The average Bonchev–Trinajstić information content (AvgIpc) is 1.63. The van der Waals surface area contributed by atoms with Crippen LogP contribution in [0.5, 0.6) is 0 Å². The van der Waals surface area contributed by atoms with Crippen molar-refractivity contribution in [3.8, 4) is 68.4 Å². The zero-order chi connectivity index (χ0) is 80.1. The summed E-state index contributed by atoms with van der Waals surface area (Å²) in [5.74, 6) is 0. The summed E-state index contributed by atoms with van der Waals surface area (Å²) in [6.45, 7) is 14.0. The third-order valence-electron chi connectivity index (χ3n) is 24.2. The molecule has 0 amide bonds. The number of hydrogen-bond acceptors (Lipinski definition) is 9. The van der Waals surface area contributed by atoms with Crippen molar-refractivity contribution in [3.63, 3.8) is 0 Å². The second-order valence-electron chi connectivity index (χ2n) is 34.4. The summed E-state index contributed by atoms with van der Waals surface area (Å²) in [5.41, 5.74) is 9.19. The largest absolute Gasteiger partial charge is 0.240 e. The van der Waals surface area contributed by atoms with E-state index < -0.39 is 0 Å². The summed E-state index contributed by atoms with van der Waals surface area (Å²) in [4.78, 5) is 25.1. The lowest BCUT2D eigenvalue weighted by Crippen LogP contribution is -1.90. The maximum absolute atomic E-state index is 5.89. The molecule has 0 N–H and O–H groups in total. The van der Waals surface area contributed by atoms with Crippen molar-refractivity contribution in [1.29, 1.82) is 0 Å². The van der Waals surface area contributed by atoms with Gasteiger partial charge in [0.2, 0.25) is 0 Å². The van der Waals surface area contributed by atoms with Crippen LogP contribution in [0.3, 0.4) is 0 Å². The second kappa shape index (κ2) is 61.7. The number of thiazole rings is 1. The molecule has 0 spiro atoms. The van der Waals surface area contributed by atoms with Gasteiger partial charge in [0.05, 0.1) is 23.0 Å². The van der Waals surface area contributed by atoms with Gasteiger partial charge in [0.25, 0.3) is 0 Å². The number of nitrogens with zero attached hydrogens (tertiary/aromatic N) is 1. The van der Waals surface area contributed by atoms with Crippen LogP contribution in [0.2, 0.25) is 0 Å². The zero-order valence-corrected chi connectivity index (χ0v) is 83.0. The van der Waals surface area contributed by atoms with E-state index in [9.17, 15) is 0 Å². The van der Waals surface area contributed by atoms with E-state index >= 15 is 0 Å². The van der Waals surface area contributed by atoms with Crippen LogP contribution in [0.15, 0.2) is 62.2 Å². The number of hydrogen-bond donors (Lipinski definition) is 0. The molecule has 114 heavy (non-hydrogen) atoms. The van der Waals surface area contributed by atoms with Crippen LogP contribution >= 0.6 is 123 Å². The summed E-state index contributed by atoms with van der Waals surface area (Å²) < 4.78 is 2.57. The van der Waals surface area contributed by atoms with Crippen molar-refractivity contribution < 1.29 is 0 Å². The summed E-state index contributed by atoms with van der Waals surface area (Å²) >= 11 is 24.5. The minimum Gasteiger partial charge on any atom is -0.240 e. The molecule has 0 aromatic carbocycles. The van der Waals surface area contributed by atoms with Gasteiger partial charge >= 0.3 is 0 Å². The Kier molecular flexibility index (Phi) is 53.0. The van der Waals surface area contributed by atoms with Crippen LogP contribution in [0, 0.1) is 0 Å². The van der Waals surface area contributed by atoms with Gasteiger partial charge in [-0.1, -0.05) is 388 Å². The minimum absolute atomic E-state index is 1.06. The topological polar surface area (TPSA) is 12.9 Å². The van der Waals surface area contributed by atoms with Crippen molar-refractivity contribution in [2.75, 3.05) is 0 Å². The van der Waals surface area contributed by atoms with E-state index in [1.807, 2.05) is 45.3 Å². The van der Waals surface area contributed by atoms with Crippen LogP contribution in [0.4, 0.5) is 0 Å². The van der Waals surface area contributed by atoms with Gasteiger partial charge in [-0.25, -0.2) is 4.98 Å². The fourth-order valence-corrected chi connectivity index (χ4v) is 28.2. The molecule has 0 saturated carbocycles. The van der Waals surface area contributed by atoms with Gasteiger partial charge in [-0.3, -0.25) is 0 Å². The molecular weight excluding hydrogens is 1670 g/mol.